The number of benzene rings is 3. The zero-order valence-corrected chi connectivity index (χ0v) is 20.2. The van der Waals surface area contributed by atoms with Crippen molar-refractivity contribution in [3.8, 4) is 11.1 Å². The van der Waals surface area contributed by atoms with Gasteiger partial charge in [0.25, 0.3) is 0 Å². The molecular weight excluding hydrogens is 488 g/mol. The van der Waals surface area contributed by atoms with E-state index >= 15 is 0 Å². The Morgan fingerprint density at radius 2 is 1.41 bits per heavy atom. The number of anilines is 1. The summed E-state index contributed by atoms with van der Waals surface area (Å²) in [6, 6.07) is 23.2. The smallest absolute Gasteiger partial charge is 0.225 e. The summed E-state index contributed by atoms with van der Waals surface area (Å²) in [5, 5.41) is 0. The zero-order chi connectivity index (χ0) is 22.2. The van der Waals surface area contributed by atoms with E-state index in [1.165, 1.54) is 0 Å². The number of amides is 1. The molecule has 0 bridgehead atoms. The van der Waals surface area contributed by atoms with E-state index in [0.717, 1.165) is 46.0 Å². The Hall–Kier alpha value is -2.63. The second-order valence-electron chi connectivity index (χ2n) is 7.69. The number of Topliss-reactive ketones (excluding diaryl/α,β-unsaturated/α-hetero) is 1. The van der Waals surface area contributed by atoms with Gasteiger partial charge in [0.2, 0.25) is 5.91 Å². The lowest BCUT2D eigenvalue weighted by atomic mass is 9.91. The molecule has 32 heavy (non-hydrogen) atoms. The van der Waals surface area contributed by atoms with E-state index in [-0.39, 0.29) is 30.0 Å². The van der Waals surface area contributed by atoms with E-state index in [0.29, 0.717) is 18.5 Å². The molecule has 0 aromatic heterocycles. The summed E-state index contributed by atoms with van der Waals surface area (Å²) in [7, 11) is 0. The molecule has 4 N–H and O–H groups in total. The molecule has 0 radical (unpaired) electrons. The molecule has 0 saturated heterocycles. The minimum absolute atomic E-state index is 0. The number of carbonyl (C=O) groups excluding carboxylic acids is 2. The van der Waals surface area contributed by atoms with Crippen LogP contribution in [0.4, 0.5) is 5.69 Å². The molecule has 1 atom stereocenters. The van der Waals surface area contributed by atoms with E-state index in [2.05, 4.69) is 15.9 Å². The maximum absolute atomic E-state index is 12.5. The minimum atomic E-state index is -0.386. The van der Waals surface area contributed by atoms with Crippen molar-refractivity contribution in [1.29, 1.82) is 0 Å². The highest BCUT2D eigenvalue weighted by Gasteiger charge is 2.19. The fourth-order valence-corrected chi connectivity index (χ4v) is 3.99. The average molecular weight is 516 g/mol. The molecule has 168 valence electrons. The van der Waals surface area contributed by atoms with Gasteiger partial charge in [0.05, 0.1) is 5.92 Å². The van der Waals surface area contributed by atoms with E-state index in [9.17, 15) is 9.59 Å². The van der Waals surface area contributed by atoms with E-state index in [1.807, 2.05) is 66.7 Å². The molecule has 0 aliphatic carbocycles. The number of primary amides is 1. The average Bonchev–Trinajstić information content (AvgIpc) is 2.77. The number of para-hydroxylation sites is 1. The van der Waals surface area contributed by atoms with Crippen molar-refractivity contribution in [3.63, 3.8) is 0 Å². The Balaban J connectivity index is 0.00000363. The van der Waals surface area contributed by atoms with Crippen molar-refractivity contribution in [2.24, 2.45) is 5.73 Å². The third kappa shape index (κ3) is 6.94. The van der Waals surface area contributed by atoms with E-state index in [1.54, 1.807) is 6.07 Å². The van der Waals surface area contributed by atoms with Crippen molar-refractivity contribution in [2.45, 2.75) is 38.0 Å². The molecule has 4 nitrogen and oxygen atoms in total. The Kier molecular flexibility index (Phi) is 9.95. The van der Waals surface area contributed by atoms with Crippen LogP contribution in [0.5, 0.6) is 0 Å². The molecular formula is C26H28BrClN2O2. The normalized spacial score (nSPS) is 11.4. The summed E-state index contributed by atoms with van der Waals surface area (Å²) in [4.78, 5) is 24.4. The predicted molar refractivity (Wildman–Crippen MR) is 137 cm³/mol. The number of unbranched alkanes of at least 4 members (excludes halogenated alkanes) is 2. The summed E-state index contributed by atoms with van der Waals surface area (Å²) in [6.07, 6.45) is 3.59. The Morgan fingerprint density at radius 1 is 0.812 bits per heavy atom. The van der Waals surface area contributed by atoms with E-state index < -0.39 is 0 Å². The van der Waals surface area contributed by atoms with Gasteiger partial charge in [-0.3, -0.25) is 9.59 Å². The highest BCUT2D eigenvalue weighted by atomic mass is 79.9. The fourth-order valence-electron chi connectivity index (χ4n) is 3.73. The first-order chi connectivity index (χ1) is 15.0. The van der Waals surface area contributed by atoms with Crippen LogP contribution in [-0.2, 0) is 4.79 Å². The Labute approximate surface area is 203 Å². The Morgan fingerprint density at radius 3 is 2.00 bits per heavy atom. The summed E-state index contributed by atoms with van der Waals surface area (Å²) in [5.74, 6) is -0.607. The summed E-state index contributed by atoms with van der Waals surface area (Å²) >= 11 is 3.44. The largest absolute Gasteiger partial charge is 0.398 e. The van der Waals surface area contributed by atoms with Crippen molar-refractivity contribution in [1.82, 2.24) is 0 Å². The van der Waals surface area contributed by atoms with Gasteiger partial charge in [-0.2, -0.15) is 0 Å². The van der Waals surface area contributed by atoms with Gasteiger partial charge in [0.1, 0.15) is 0 Å². The summed E-state index contributed by atoms with van der Waals surface area (Å²) in [5.41, 5.74) is 15.9. The van der Waals surface area contributed by atoms with Crippen LogP contribution in [0.25, 0.3) is 11.1 Å². The molecule has 0 fully saturated rings. The van der Waals surface area contributed by atoms with Crippen LogP contribution in [0.15, 0.2) is 77.3 Å². The van der Waals surface area contributed by atoms with Crippen molar-refractivity contribution in [2.75, 3.05) is 5.73 Å². The molecule has 3 aromatic carbocycles. The number of hydrogen-bond donors (Lipinski definition) is 2. The Bertz CT molecular complexity index is 1040. The van der Waals surface area contributed by atoms with Gasteiger partial charge in [-0.25, -0.2) is 0 Å². The number of ketones is 1. The molecule has 1 unspecified atom stereocenters. The molecule has 0 aliphatic heterocycles. The lowest BCUT2D eigenvalue weighted by Gasteiger charge is -2.15. The molecule has 0 saturated carbocycles. The molecule has 1 amide bonds. The topological polar surface area (TPSA) is 86.2 Å². The van der Waals surface area contributed by atoms with Crippen LogP contribution in [0.2, 0.25) is 0 Å². The maximum atomic E-state index is 12.5. The lowest BCUT2D eigenvalue weighted by molar-refractivity contribution is -0.119. The molecule has 3 aromatic rings. The van der Waals surface area contributed by atoms with Crippen LogP contribution >= 0.6 is 28.3 Å². The summed E-state index contributed by atoms with van der Waals surface area (Å²) < 4.78 is 1.04. The van der Waals surface area contributed by atoms with Gasteiger partial charge in [-0.1, -0.05) is 83.4 Å². The van der Waals surface area contributed by atoms with Crippen molar-refractivity contribution in [3.05, 3.63) is 88.4 Å². The number of hydrogen-bond acceptors (Lipinski definition) is 3. The minimum Gasteiger partial charge on any atom is -0.398 e. The summed E-state index contributed by atoms with van der Waals surface area (Å²) in [6.45, 7) is 0. The van der Waals surface area contributed by atoms with Gasteiger partial charge in [-0.05, 0) is 47.7 Å². The van der Waals surface area contributed by atoms with Gasteiger partial charge in [0.15, 0.2) is 5.78 Å². The van der Waals surface area contributed by atoms with Crippen molar-refractivity contribution < 1.29 is 9.59 Å². The number of rotatable bonds is 10. The molecule has 0 spiro atoms. The first-order valence-electron chi connectivity index (χ1n) is 10.5. The number of carbonyl (C=O) groups is 2. The lowest BCUT2D eigenvalue weighted by Crippen LogP contribution is -2.22. The first kappa shape index (κ1) is 25.6. The van der Waals surface area contributed by atoms with Crippen LogP contribution in [0, 0.1) is 0 Å². The second-order valence-corrected chi connectivity index (χ2v) is 8.61. The van der Waals surface area contributed by atoms with Gasteiger partial charge in [0, 0.05) is 22.1 Å². The number of halogens is 2. The van der Waals surface area contributed by atoms with E-state index in [4.69, 9.17) is 11.5 Å². The van der Waals surface area contributed by atoms with Gasteiger partial charge in [-0.15, -0.1) is 12.4 Å². The molecule has 0 heterocycles. The maximum Gasteiger partial charge on any atom is 0.225 e. The monoisotopic (exact) mass is 514 g/mol. The van der Waals surface area contributed by atoms with Crippen LogP contribution in [0.1, 0.15) is 53.9 Å². The standard InChI is InChI=1S/C26H27BrN2O2.ClH/c27-21-16-14-19(15-17-21)18-10-12-20(13-11-18)25(30)9-3-1-2-7-23(26(29)31)22-6-4-5-8-24(22)28;/h4-6,8,10-17,23H,1-3,7,9,28H2,(H2,29,31);1H. The molecule has 6 heteroatoms. The number of nitrogen functional groups attached to an aromatic ring is 1. The van der Waals surface area contributed by atoms with Crippen LogP contribution in [0.3, 0.4) is 0 Å². The number of nitrogens with two attached hydrogens (primary N) is 2. The highest BCUT2D eigenvalue weighted by Crippen LogP contribution is 2.27. The van der Waals surface area contributed by atoms with Gasteiger partial charge < -0.3 is 11.5 Å². The quantitative estimate of drug-likeness (QED) is 0.183. The third-order valence-corrected chi connectivity index (χ3v) is 6.02. The zero-order valence-electron chi connectivity index (χ0n) is 17.8. The van der Waals surface area contributed by atoms with Crippen molar-refractivity contribution >= 4 is 45.7 Å². The predicted octanol–water partition coefficient (Wildman–Crippen LogP) is 6.52. The SMILES string of the molecule is Cl.NC(=O)C(CCCCCC(=O)c1ccc(-c2ccc(Br)cc2)cc1)c1ccccc1N. The third-order valence-electron chi connectivity index (χ3n) is 5.50. The first-order valence-corrected chi connectivity index (χ1v) is 11.3. The van der Waals surface area contributed by atoms with Crippen LogP contribution in [-0.4, -0.2) is 11.7 Å². The van der Waals surface area contributed by atoms with Crippen LogP contribution < -0.4 is 11.5 Å². The molecule has 0 aliphatic rings. The highest BCUT2D eigenvalue weighted by molar-refractivity contribution is 9.10. The second kappa shape index (κ2) is 12.4. The fraction of sp³-hybridized carbons (Fsp3) is 0.231. The van der Waals surface area contributed by atoms with Gasteiger partial charge >= 0.3 is 0 Å². The molecule has 3 rings (SSSR count).